The number of carboxylic acids is 1. The highest BCUT2D eigenvalue weighted by Gasteiger charge is 2.17. The third-order valence-corrected chi connectivity index (χ3v) is 2.47. The molecule has 0 saturated carbocycles. The fourth-order valence-electron chi connectivity index (χ4n) is 1.52. The molecule has 7 heteroatoms. The van der Waals surface area contributed by atoms with Gasteiger partial charge >= 0.3 is 12.0 Å². The van der Waals surface area contributed by atoms with Crippen LogP contribution < -0.4 is 11.1 Å². The van der Waals surface area contributed by atoms with E-state index in [9.17, 15) is 14.4 Å². The van der Waals surface area contributed by atoms with Gasteiger partial charge in [-0.2, -0.15) is 0 Å². The van der Waals surface area contributed by atoms with Crippen LogP contribution in [0, 0.1) is 6.92 Å². The molecule has 4 N–H and O–H groups in total. The lowest BCUT2D eigenvalue weighted by Crippen LogP contribution is -2.38. The first-order valence-corrected chi connectivity index (χ1v) is 5.46. The fraction of sp³-hybridized carbons (Fsp3) is 0.250. The lowest BCUT2D eigenvalue weighted by molar-refractivity contribution is -0.118. The lowest BCUT2D eigenvalue weighted by atomic mass is 10.1. The number of carbonyl (C=O) groups is 3. The Morgan fingerprint density at radius 3 is 2.53 bits per heavy atom. The number of hydrogen-bond acceptors (Lipinski definition) is 3. The zero-order valence-corrected chi connectivity index (χ0v) is 10.6. The number of primary amides is 1. The number of aromatic carboxylic acids is 1. The number of anilines is 1. The van der Waals surface area contributed by atoms with Crippen molar-refractivity contribution in [3.8, 4) is 0 Å². The van der Waals surface area contributed by atoms with Crippen LogP contribution in [0.2, 0.25) is 0 Å². The van der Waals surface area contributed by atoms with Gasteiger partial charge in [-0.25, -0.2) is 9.59 Å². The average molecular weight is 265 g/mol. The number of amides is 3. The maximum atomic E-state index is 11.8. The Morgan fingerprint density at radius 1 is 1.37 bits per heavy atom. The summed E-state index contributed by atoms with van der Waals surface area (Å²) in [6, 6.07) is 4.05. The summed E-state index contributed by atoms with van der Waals surface area (Å²) in [4.78, 5) is 34.6. The Kier molecular flexibility index (Phi) is 4.46. The van der Waals surface area contributed by atoms with Crippen molar-refractivity contribution in [1.29, 1.82) is 0 Å². The van der Waals surface area contributed by atoms with Crippen LogP contribution in [0.3, 0.4) is 0 Å². The predicted octanol–water partition coefficient (Wildman–Crippen LogP) is 0.642. The summed E-state index contributed by atoms with van der Waals surface area (Å²) in [6.45, 7) is 1.43. The van der Waals surface area contributed by atoms with E-state index < -0.39 is 17.9 Å². The van der Waals surface area contributed by atoms with Crippen LogP contribution in [-0.4, -0.2) is 41.5 Å². The molecule has 0 aliphatic heterocycles. The zero-order chi connectivity index (χ0) is 14.6. The molecular weight excluding hydrogens is 250 g/mol. The third kappa shape index (κ3) is 3.70. The van der Waals surface area contributed by atoms with Crippen LogP contribution in [0.4, 0.5) is 10.5 Å². The molecule has 0 atom stereocenters. The van der Waals surface area contributed by atoms with E-state index in [4.69, 9.17) is 10.8 Å². The first-order chi connectivity index (χ1) is 8.82. The molecule has 1 aromatic carbocycles. The molecule has 102 valence electrons. The summed E-state index contributed by atoms with van der Waals surface area (Å²) in [6.07, 6.45) is 0. The standard InChI is InChI=1S/C12H15N3O4/c1-7-4-3-5-8(11(17)18)10(7)14-12(19)15(2)6-9(13)16/h3-5H,6H2,1-2H3,(H2,13,16)(H,14,19)(H,17,18). The van der Waals surface area contributed by atoms with E-state index in [1.54, 1.807) is 19.1 Å². The first kappa shape index (κ1) is 14.5. The van der Waals surface area contributed by atoms with E-state index in [-0.39, 0.29) is 17.8 Å². The van der Waals surface area contributed by atoms with Crippen molar-refractivity contribution in [3.05, 3.63) is 29.3 Å². The van der Waals surface area contributed by atoms with Gasteiger partial charge in [-0.15, -0.1) is 0 Å². The maximum Gasteiger partial charge on any atom is 0.337 e. The predicted molar refractivity (Wildman–Crippen MR) is 69.0 cm³/mol. The first-order valence-electron chi connectivity index (χ1n) is 5.46. The normalized spacial score (nSPS) is 9.79. The number of nitrogens with one attached hydrogen (secondary N) is 1. The Labute approximate surface area is 110 Å². The van der Waals surface area contributed by atoms with E-state index in [0.717, 1.165) is 4.90 Å². The molecule has 0 aromatic heterocycles. The SMILES string of the molecule is Cc1cccc(C(=O)O)c1NC(=O)N(C)CC(N)=O. The summed E-state index contributed by atoms with van der Waals surface area (Å²) in [5, 5.41) is 11.5. The highest BCUT2D eigenvalue weighted by atomic mass is 16.4. The molecule has 1 rings (SSSR count). The summed E-state index contributed by atoms with van der Waals surface area (Å²) in [7, 11) is 1.39. The highest BCUT2D eigenvalue weighted by Crippen LogP contribution is 2.20. The molecule has 7 nitrogen and oxygen atoms in total. The van der Waals surface area contributed by atoms with Crippen LogP contribution in [0.25, 0.3) is 0 Å². The molecule has 0 radical (unpaired) electrons. The summed E-state index contributed by atoms with van der Waals surface area (Å²) in [5.41, 5.74) is 5.78. The number of carbonyl (C=O) groups excluding carboxylic acids is 2. The molecule has 0 heterocycles. The van der Waals surface area contributed by atoms with Crippen LogP contribution in [0.5, 0.6) is 0 Å². The molecule has 1 aromatic rings. The second-order valence-corrected chi connectivity index (χ2v) is 4.06. The monoisotopic (exact) mass is 265 g/mol. The quantitative estimate of drug-likeness (QED) is 0.741. The van der Waals surface area contributed by atoms with Crippen molar-refractivity contribution in [3.63, 3.8) is 0 Å². The van der Waals surface area contributed by atoms with Gasteiger partial charge in [-0.3, -0.25) is 4.79 Å². The number of benzene rings is 1. The van der Waals surface area contributed by atoms with Gasteiger partial charge < -0.3 is 21.1 Å². The van der Waals surface area contributed by atoms with E-state index in [1.165, 1.54) is 13.1 Å². The fourth-order valence-corrected chi connectivity index (χ4v) is 1.52. The molecule has 0 spiro atoms. The number of rotatable bonds is 4. The Morgan fingerprint density at radius 2 is 2.00 bits per heavy atom. The van der Waals surface area contributed by atoms with E-state index in [0.29, 0.717) is 5.56 Å². The second-order valence-electron chi connectivity index (χ2n) is 4.06. The number of hydrogen-bond donors (Lipinski definition) is 3. The second kappa shape index (κ2) is 5.85. The number of urea groups is 1. The van der Waals surface area contributed by atoms with Crippen molar-refractivity contribution in [2.75, 3.05) is 18.9 Å². The van der Waals surface area contributed by atoms with Gasteiger partial charge in [-0.1, -0.05) is 12.1 Å². The highest BCUT2D eigenvalue weighted by molar-refractivity contribution is 6.01. The largest absolute Gasteiger partial charge is 0.478 e. The van der Waals surface area contributed by atoms with Crippen LogP contribution in [0.1, 0.15) is 15.9 Å². The van der Waals surface area contributed by atoms with Crippen molar-refractivity contribution in [2.45, 2.75) is 6.92 Å². The Hall–Kier alpha value is -2.57. The molecule has 0 aliphatic carbocycles. The van der Waals surface area contributed by atoms with Crippen molar-refractivity contribution in [2.24, 2.45) is 5.73 Å². The lowest BCUT2D eigenvalue weighted by Gasteiger charge is -2.18. The number of nitrogens with two attached hydrogens (primary N) is 1. The van der Waals surface area contributed by atoms with Crippen LogP contribution >= 0.6 is 0 Å². The number of carboxylic acid groups (broad SMARTS) is 1. The zero-order valence-electron chi connectivity index (χ0n) is 10.6. The van der Waals surface area contributed by atoms with Crippen molar-refractivity contribution in [1.82, 2.24) is 4.90 Å². The maximum absolute atomic E-state index is 11.8. The molecule has 3 amide bonds. The van der Waals surface area contributed by atoms with Crippen molar-refractivity contribution >= 4 is 23.6 Å². The van der Waals surface area contributed by atoms with Crippen LogP contribution in [0.15, 0.2) is 18.2 Å². The third-order valence-electron chi connectivity index (χ3n) is 2.47. The molecule has 0 fully saturated rings. The number of likely N-dealkylation sites (N-methyl/N-ethyl adjacent to an activating group) is 1. The van der Waals surface area contributed by atoms with Crippen LogP contribution in [-0.2, 0) is 4.79 Å². The van der Waals surface area contributed by atoms with E-state index >= 15 is 0 Å². The Bertz CT molecular complexity index is 528. The van der Waals surface area contributed by atoms with Gasteiger partial charge in [0.05, 0.1) is 11.3 Å². The number of para-hydroxylation sites is 1. The van der Waals surface area contributed by atoms with Gasteiger partial charge in [0.15, 0.2) is 0 Å². The molecule has 0 aliphatic rings. The summed E-state index contributed by atoms with van der Waals surface area (Å²) in [5.74, 6) is -1.79. The minimum atomic E-state index is -1.14. The van der Waals surface area contributed by atoms with Crippen molar-refractivity contribution < 1.29 is 19.5 Å². The molecule has 19 heavy (non-hydrogen) atoms. The minimum Gasteiger partial charge on any atom is -0.478 e. The van der Waals surface area contributed by atoms with E-state index in [2.05, 4.69) is 5.32 Å². The molecule has 0 saturated heterocycles. The molecular formula is C12H15N3O4. The molecule has 0 bridgehead atoms. The van der Waals surface area contributed by atoms with Gasteiger partial charge in [-0.05, 0) is 18.6 Å². The summed E-state index contributed by atoms with van der Waals surface area (Å²) >= 11 is 0. The topological polar surface area (TPSA) is 113 Å². The van der Waals surface area contributed by atoms with Gasteiger partial charge in [0.2, 0.25) is 5.91 Å². The smallest absolute Gasteiger partial charge is 0.337 e. The number of aryl methyl sites for hydroxylation is 1. The number of nitrogens with zero attached hydrogens (tertiary/aromatic N) is 1. The minimum absolute atomic E-state index is 0.0131. The van der Waals surface area contributed by atoms with Gasteiger partial charge in [0.25, 0.3) is 0 Å². The van der Waals surface area contributed by atoms with Gasteiger partial charge in [0, 0.05) is 7.05 Å². The average Bonchev–Trinajstić information content (AvgIpc) is 2.30. The molecule has 0 unspecified atom stereocenters. The van der Waals surface area contributed by atoms with E-state index in [1.807, 2.05) is 0 Å². The Balaban J connectivity index is 2.96. The summed E-state index contributed by atoms with van der Waals surface area (Å²) < 4.78 is 0. The van der Waals surface area contributed by atoms with Gasteiger partial charge in [0.1, 0.15) is 6.54 Å².